The van der Waals surface area contributed by atoms with Crippen molar-refractivity contribution in [3.63, 3.8) is 0 Å². The van der Waals surface area contributed by atoms with Crippen LogP contribution in [0.5, 0.6) is 0 Å². The van der Waals surface area contributed by atoms with Gasteiger partial charge in [0.1, 0.15) is 5.37 Å². The lowest BCUT2D eigenvalue weighted by Gasteiger charge is -2.36. The largest absolute Gasteiger partial charge is 0.477 e. The van der Waals surface area contributed by atoms with E-state index >= 15 is 0 Å². The van der Waals surface area contributed by atoms with E-state index in [9.17, 15) is 14.7 Å². The SMILES string of the molecule is CCSC1=C(C(=O)O)N2C(=O)C(=Cc3cccnc3)C2S1. The summed E-state index contributed by atoms with van der Waals surface area (Å²) in [5, 5.41) is 9.09. The van der Waals surface area contributed by atoms with Gasteiger partial charge in [-0.25, -0.2) is 4.79 Å². The molecule has 108 valence electrons. The fourth-order valence-corrected chi connectivity index (χ4v) is 4.80. The van der Waals surface area contributed by atoms with Crippen LogP contribution >= 0.6 is 23.5 Å². The minimum atomic E-state index is -1.05. The smallest absolute Gasteiger partial charge is 0.354 e. The number of fused-ring (bicyclic) bond motifs is 1. The molecule has 5 nitrogen and oxygen atoms in total. The fraction of sp³-hybridized carbons (Fsp3) is 0.214. The summed E-state index contributed by atoms with van der Waals surface area (Å²) in [6.07, 6.45) is 5.12. The lowest BCUT2D eigenvalue weighted by Crippen LogP contribution is -2.51. The van der Waals surface area contributed by atoms with E-state index in [4.69, 9.17) is 0 Å². The van der Waals surface area contributed by atoms with Gasteiger partial charge in [0, 0.05) is 12.4 Å². The number of aliphatic carboxylic acids is 1. The predicted octanol–water partition coefficient (Wildman–Crippen LogP) is 2.39. The number of rotatable bonds is 4. The Labute approximate surface area is 130 Å². The van der Waals surface area contributed by atoms with Crippen molar-refractivity contribution < 1.29 is 14.7 Å². The zero-order valence-corrected chi connectivity index (χ0v) is 12.8. The molecule has 1 fully saturated rings. The minimum absolute atomic E-state index is 0.116. The molecule has 1 unspecified atom stereocenters. The summed E-state index contributed by atoms with van der Waals surface area (Å²) in [6, 6.07) is 3.66. The first kappa shape index (κ1) is 14.2. The lowest BCUT2D eigenvalue weighted by molar-refractivity contribution is -0.141. The Morgan fingerprint density at radius 3 is 3.05 bits per heavy atom. The summed E-state index contributed by atoms with van der Waals surface area (Å²) in [5.41, 5.74) is 1.58. The van der Waals surface area contributed by atoms with Crippen molar-refractivity contribution in [1.29, 1.82) is 0 Å². The molecule has 2 aliphatic heterocycles. The van der Waals surface area contributed by atoms with E-state index in [0.717, 1.165) is 11.3 Å². The molecule has 2 aliphatic rings. The standard InChI is InChI=1S/C14H12N2O3S2/c1-2-20-14-10(13(18)19)16-11(17)9(12(16)21-14)6-8-4-3-5-15-7-8/h3-7,12H,2H2,1H3,(H,18,19). The van der Waals surface area contributed by atoms with E-state index in [2.05, 4.69) is 4.98 Å². The Morgan fingerprint density at radius 2 is 2.43 bits per heavy atom. The van der Waals surface area contributed by atoms with Gasteiger partial charge in [-0.3, -0.25) is 14.7 Å². The zero-order chi connectivity index (χ0) is 15.0. The topological polar surface area (TPSA) is 70.5 Å². The van der Waals surface area contributed by atoms with E-state index in [1.165, 1.54) is 28.4 Å². The van der Waals surface area contributed by atoms with Gasteiger partial charge in [-0.05, 0) is 23.5 Å². The van der Waals surface area contributed by atoms with Crippen molar-refractivity contribution in [1.82, 2.24) is 9.88 Å². The van der Waals surface area contributed by atoms with Crippen LogP contribution in [-0.4, -0.2) is 38.0 Å². The third-order valence-electron chi connectivity index (χ3n) is 3.10. The highest BCUT2D eigenvalue weighted by Gasteiger charge is 2.52. The summed E-state index contributed by atoms with van der Waals surface area (Å²) < 4.78 is 0.706. The normalized spacial score (nSPS) is 22.5. The Bertz CT molecular complexity index is 670. The van der Waals surface area contributed by atoms with Gasteiger partial charge in [0.15, 0.2) is 5.70 Å². The third kappa shape index (κ3) is 2.36. The van der Waals surface area contributed by atoms with Crippen LogP contribution in [0, 0.1) is 0 Å². The number of aromatic nitrogens is 1. The average Bonchev–Trinajstić information content (AvgIpc) is 2.82. The molecule has 0 aromatic carbocycles. The molecule has 1 atom stereocenters. The maximum atomic E-state index is 12.2. The molecule has 3 heterocycles. The number of hydrogen-bond acceptors (Lipinski definition) is 5. The van der Waals surface area contributed by atoms with Gasteiger partial charge in [-0.2, -0.15) is 0 Å². The first-order valence-electron chi connectivity index (χ1n) is 6.35. The average molecular weight is 320 g/mol. The third-order valence-corrected chi connectivity index (χ3v) is 5.59. The number of β-lactam (4-membered cyclic amide) rings is 1. The summed E-state index contributed by atoms with van der Waals surface area (Å²) >= 11 is 2.89. The Kier molecular flexibility index (Phi) is 3.77. The van der Waals surface area contributed by atoms with E-state index in [-0.39, 0.29) is 17.0 Å². The molecule has 0 bridgehead atoms. The maximum absolute atomic E-state index is 12.2. The molecule has 1 aromatic heterocycles. The molecule has 1 amide bonds. The second-order valence-electron chi connectivity index (χ2n) is 4.41. The Morgan fingerprint density at radius 1 is 1.62 bits per heavy atom. The maximum Gasteiger partial charge on any atom is 0.354 e. The van der Waals surface area contributed by atoms with Gasteiger partial charge in [0.05, 0.1) is 9.81 Å². The highest BCUT2D eigenvalue weighted by molar-refractivity contribution is 8.22. The number of pyridine rings is 1. The number of nitrogens with zero attached hydrogens (tertiary/aromatic N) is 2. The number of carbonyl (C=O) groups excluding carboxylic acids is 1. The molecule has 3 rings (SSSR count). The number of hydrogen-bond donors (Lipinski definition) is 1. The van der Waals surface area contributed by atoms with Crippen molar-refractivity contribution in [2.45, 2.75) is 12.3 Å². The van der Waals surface area contributed by atoms with Crippen molar-refractivity contribution in [3.05, 3.63) is 45.6 Å². The van der Waals surface area contributed by atoms with Gasteiger partial charge in [0.2, 0.25) is 0 Å². The molecule has 0 saturated carbocycles. The van der Waals surface area contributed by atoms with E-state index < -0.39 is 5.97 Å². The molecule has 21 heavy (non-hydrogen) atoms. The molecular weight excluding hydrogens is 308 g/mol. The Hall–Kier alpha value is -1.73. The highest BCUT2D eigenvalue weighted by Crippen LogP contribution is 2.52. The lowest BCUT2D eigenvalue weighted by atomic mass is 10.0. The van der Waals surface area contributed by atoms with Crippen LogP contribution < -0.4 is 0 Å². The van der Waals surface area contributed by atoms with Crippen molar-refractivity contribution in [2.75, 3.05) is 5.75 Å². The van der Waals surface area contributed by atoms with Crippen LogP contribution in [0.4, 0.5) is 0 Å². The molecule has 0 spiro atoms. The Balaban J connectivity index is 1.90. The van der Waals surface area contributed by atoms with Crippen LogP contribution in [0.15, 0.2) is 40.0 Å². The number of carboxylic acids is 1. The van der Waals surface area contributed by atoms with Crippen LogP contribution in [0.25, 0.3) is 6.08 Å². The van der Waals surface area contributed by atoms with Crippen molar-refractivity contribution in [3.8, 4) is 0 Å². The molecule has 1 aromatic rings. The quantitative estimate of drug-likeness (QED) is 0.678. The molecular formula is C14H12N2O3S2. The van der Waals surface area contributed by atoms with Crippen LogP contribution in [0.1, 0.15) is 12.5 Å². The van der Waals surface area contributed by atoms with Crippen molar-refractivity contribution in [2.24, 2.45) is 0 Å². The van der Waals surface area contributed by atoms with Crippen LogP contribution in [-0.2, 0) is 9.59 Å². The monoisotopic (exact) mass is 320 g/mol. The van der Waals surface area contributed by atoms with Gasteiger partial charge in [0.25, 0.3) is 5.91 Å². The van der Waals surface area contributed by atoms with Gasteiger partial charge in [-0.1, -0.05) is 24.8 Å². The van der Waals surface area contributed by atoms with Crippen molar-refractivity contribution >= 4 is 41.5 Å². The molecule has 7 heteroatoms. The highest BCUT2D eigenvalue weighted by atomic mass is 32.2. The number of thioether (sulfide) groups is 2. The number of carbonyl (C=O) groups is 2. The predicted molar refractivity (Wildman–Crippen MR) is 83.2 cm³/mol. The summed E-state index contributed by atoms with van der Waals surface area (Å²) in [4.78, 5) is 29.0. The number of carboxylic acid groups (broad SMARTS) is 1. The summed E-state index contributed by atoms with van der Waals surface area (Å²) in [5.74, 6) is -0.509. The first-order valence-corrected chi connectivity index (χ1v) is 8.22. The second-order valence-corrected chi connectivity index (χ2v) is 7.03. The van der Waals surface area contributed by atoms with Crippen LogP contribution in [0.2, 0.25) is 0 Å². The minimum Gasteiger partial charge on any atom is -0.477 e. The number of amides is 1. The van der Waals surface area contributed by atoms with E-state index in [0.29, 0.717) is 9.81 Å². The van der Waals surface area contributed by atoms with E-state index in [1.54, 1.807) is 24.5 Å². The molecule has 0 aliphatic carbocycles. The van der Waals surface area contributed by atoms with Gasteiger partial charge in [-0.15, -0.1) is 11.8 Å². The molecule has 0 radical (unpaired) electrons. The molecule has 1 saturated heterocycles. The zero-order valence-electron chi connectivity index (χ0n) is 11.1. The fourth-order valence-electron chi connectivity index (χ4n) is 2.21. The molecule has 1 N–H and O–H groups in total. The van der Waals surface area contributed by atoms with Gasteiger partial charge < -0.3 is 5.11 Å². The van der Waals surface area contributed by atoms with Crippen LogP contribution in [0.3, 0.4) is 0 Å². The van der Waals surface area contributed by atoms with E-state index in [1.807, 2.05) is 13.0 Å². The first-order chi connectivity index (χ1) is 10.1. The van der Waals surface area contributed by atoms with Gasteiger partial charge >= 0.3 is 5.97 Å². The summed E-state index contributed by atoms with van der Waals surface area (Å²) in [7, 11) is 0. The second kappa shape index (κ2) is 5.57. The summed E-state index contributed by atoms with van der Waals surface area (Å²) in [6.45, 7) is 1.96.